The number of hydrogen-bond acceptors (Lipinski definition) is 7. The molecule has 0 amide bonds. The van der Waals surface area contributed by atoms with E-state index in [0.717, 1.165) is 21.3 Å². The Kier molecular flexibility index (Phi) is 4.55. The lowest BCUT2D eigenvalue weighted by atomic mass is 9.92. The number of rotatable bonds is 4. The lowest BCUT2D eigenvalue weighted by Gasteiger charge is -2.28. The molecule has 0 aliphatic carbocycles. The summed E-state index contributed by atoms with van der Waals surface area (Å²) in [5, 5.41) is 22.0. The fourth-order valence-electron chi connectivity index (χ4n) is 3.62. The van der Waals surface area contributed by atoms with Gasteiger partial charge in [0.05, 0.1) is 12.3 Å². The molecule has 30 heavy (non-hydrogen) atoms. The summed E-state index contributed by atoms with van der Waals surface area (Å²) in [4.78, 5) is 12.7. The van der Waals surface area contributed by atoms with Crippen molar-refractivity contribution in [3.05, 3.63) is 74.5 Å². The molecule has 2 aromatic heterocycles. The van der Waals surface area contributed by atoms with Gasteiger partial charge >= 0.3 is 0 Å². The van der Waals surface area contributed by atoms with E-state index in [1.165, 1.54) is 0 Å². The van der Waals surface area contributed by atoms with Crippen LogP contribution in [0.4, 0.5) is 11.6 Å². The van der Waals surface area contributed by atoms with Gasteiger partial charge in [-0.25, -0.2) is 5.10 Å². The van der Waals surface area contributed by atoms with E-state index in [0.29, 0.717) is 29.5 Å². The number of tetrazole rings is 1. The number of nitrogens with zero attached hydrogens (tertiary/aromatic N) is 5. The third-order valence-electron chi connectivity index (χ3n) is 4.87. The maximum atomic E-state index is 12.7. The number of aromatic amines is 1. The maximum absolute atomic E-state index is 12.7. The molecule has 0 unspecified atom stereocenters. The van der Waals surface area contributed by atoms with Gasteiger partial charge in [0.2, 0.25) is 5.95 Å². The lowest BCUT2D eigenvalue weighted by molar-refractivity contribution is 0.340. The summed E-state index contributed by atoms with van der Waals surface area (Å²) in [6.07, 6.45) is 0. The minimum Gasteiger partial charge on any atom is -0.494 e. The number of fused-ring (bicyclic) bond motifs is 2. The Morgan fingerprint density at radius 3 is 2.80 bits per heavy atom. The second-order valence-electron chi connectivity index (χ2n) is 6.68. The fraction of sp³-hybridized carbons (Fsp3) is 0.150. The highest BCUT2D eigenvalue weighted by Gasteiger charge is 2.34. The molecule has 4 aromatic rings. The Hall–Kier alpha value is -3.53. The number of aromatic nitrogens is 6. The monoisotopic (exact) mass is 465 g/mol. The van der Waals surface area contributed by atoms with Crippen LogP contribution in [0.3, 0.4) is 0 Å². The highest BCUT2D eigenvalue weighted by molar-refractivity contribution is 9.10. The van der Waals surface area contributed by atoms with E-state index >= 15 is 0 Å². The average molecular weight is 466 g/mol. The summed E-state index contributed by atoms with van der Waals surface area (Å²) in [6.45, 7) is 2.52. The molecule has 2 N–H and O–H groups in total. The summed E-state index contributed by atoms with van der Waals surface area (Å²) in [5.41, 5.74) is 3.12. The lowest BCUT2D eigenvalue weighted by Crippen LogP contribution is -2.29. The van der Waals surface area contributed by atoms with Crippen LogP contribution in [-0.2, 0) is 0 Å². The zero-order valence-electron chi connectivity index (χ0n) is 15.8. The number of hydrogen-bond donors (Lipinski definition) is 2. The van der Waals surface area contributed by atoms with Gasteiger partial charge in [0.25, 0.3) is 5.56 Å². The van der Waals surface area contributed by atoms with Crippen molar-refractivity contribution in [1.82, 2.24) is 30.4 Å². The molecule has 150 valence electrons. The largest absolute Gasteiger partial charge is 0.494 e. The van der Waals surface area contributed by atoms with Gasteiger partial charge in [-0.05, 0) is 59.3 Å². The van der Waals surface area contributed by atoms with Crippen LogP contribution in [0.5, 0.6) is 5.75 Å². The van der Waals surface area contributed by atoms with E-state index in [1.807, 2.05) is 55.5 Å². The van der Waals surface area contributed by atoms with E-state index in [-0.39, 0.29) is 5.56 Å². The van der Waals surface area contributed by atoms with Crippen molar-refractivity contribution in [1.29, 1.82) is 0 Å². The molecule has 9 nitrogen and oxygen atoms in total. The number of anilines is 2. The van der Waals surface area contributed by atoms with Crippen LogP contribution in [0.25, 0.3) is 11.3 Å². The summed E-state index contributed by atoms with van der Waals surface area (Å²) >= 11 is 3.53. The van der Waals surface area contributed by atoms with Gasteiger partial charge < -0.3 is 10.1 Å². The van der Waals surface area contributed by atoms with Crippen LogP contribution in [0.15, 0.2) is 57.8 Å². The topological polar surface area (TPSA) is 111 Å². The Balaban J connectivity index is 1.75. The zero-order valence-corrected chi connectivity index (χ0v) is 17.4. The second kappa shape index (κ2) is 7.38. The van der Waals surface area contributed by atoms with Gasteiger partial charge in [-0.2, -0.15) is 9.78 Å². The summed E-state index contributed by atoms with van der Waals surface area (Å²) in [5.74, 6) is 1.16. The van der Waals surface area contributed by atoms with Gasteiger partial charge in [0.15, 0.2) is 0 Å². The minimum absolute atomic E-state index is 0.339. The highest BCUT2D eigenvalue weighted by Crippen LogP contribution is 2.41. The maximum Gasteiger partial charge on any atom is 0.288 e. The standard InChI is InChI=1S/C20H16BrN7O2/c1-2-30-14-8-6-11(7-9-14)16-15-17(19(29)24-23-16)22-20-25-26-27-28(20)18(15)12-4-3-5-13(21)10-12/h3-10,18H,2H2,1H3,(H,24,29)(H,22,25,27)/t18-/m1/s1. The first-order chi connectivity index (χ1) is 14.7. The molecule has 1 aliphatic heterocycles. The van der Waals surface area contributed by atoms with E-state index in [1.54, 1.807) is 4.68 Å². The van der Waals surface area contributed by atoms with Gasteiger partial charge in [0, 0.05) is 15.6 Å². The molecular formula is C20H16BrN7O2. The highest BCUT2D eigenvalue weighted by atomic mass is 79.9. The number of nitrogens with one attached hydrogen (secondary N) is 2. The van der Waals surface area contributed by atoms with E-state index in [2.05, 4.69) is 47.0 Å². The Morgan fingerprint density at radius 2 is 2.03 bits per heavy atom. The van der Waals surface area contributed by atoms with Crippen molar-refractivity contribution in [3.8, 4) is 17.0 Å². The van der Waals surface area contributed by atoms with Gasteiger partial charge in [0.1, 0.15) is 17.5 Å². The van der Waals surface area contributed by atoms with Crippen molar-refractivity contribution < 1.29 is 4.74 Å². The molecule has 10 heteroatoms. The van der Waals surface area contributed by atoms with Crippen molar-refractivity contribution in [2.45, 2.75) is 13.0 Å². The molecule has 1 atom stereocenters. The fourth-order valence-corrected chi connectivity index (χ4v) is 4.03. The van der Waals surface area contributed by atoms with Crippen molar-refractivity contribution in [2.24, 2.45) is 0 Å². The molecule has 0 fully saturated rings. The third kappa shape index (κ3) is 3.05. The van der Waals surface area contributed by atoms with Crippen molar-refractivity contribution >= 4 is 27.6 Å². The van der Waals surface area contributed by atoms with E-state index in [9.17, 15) is 4.79 Å². The zero-order chi connectivity index (χ0) is 20.7. The predicted molar refractivity (Wildman–Crippen MR) is 114 cm³/mol. The number of ether oxygens (including phenoxy) is 1. The first kappa shape index (κ1) is 18.5. The SMILES string of the molecule is CCOc1ccc(-c2n[nH]c(=O)c3c2[C@@H](c2cccc(Br)c2)n2nnnc2N3)cc1. The Bertz CT molecular complexity index is 1280. The molecule has 3 heterocycles. The first-order valence-electron chi connectivity index (χ1n) is 9.32. The van der Waals surface area contributed by atoms with Crippen LogP contribution >= 0.6 is 15.9 Å². The summed E-state index contributed by atoms with van der Waals surface area (Å²) in [7, 11) is 0. The van der Waals surface area contributed by atoms with Crippen LogP contribution in [0.1, 0.15) is 24.1 Å². The van der Waals surface area contributed by atoms with Gasteiger partial charge in [-0.3, -0.25) is 4.79 Å². The molecular weight excluding hydrogens is 450 g/mol. The molecule has 5 rings (SSSR count). The second-order valence-corrected chi connectivity index (χ2v) is 7.59. The van der Waals surface area contributed by atoms with Crippen LogP contribution < -0.4 is 15.6 Å². The number of benzene rings is 2. The van der Waals surface area contributed by atoms with E-state index in [4.69, 9.17) is 4.74 Å². The minimum atomic E-state index is -0.430. The molecule has 0 spiro atoms. The number of halogens is 1. The Morgan fingerprint density at radius 1 is 1.20 bits per heavy atom. The predicted octanol–water partition coefficient (Wildman–Crippen LogP) is 3.28. The molecule has 2 aromatic carbocycles. The van der Waals surface area contributed by atoms with Gasteiger partial charge in [-0.1, -0.05) is 33.2 Å². The molecule has 0 radical (unpaired) electrons. The molecule has 1 aliphatic rings. The molecule has 0 saturated carbocycles. The van der Waals surface area contributed by atoms with Crippen LogP contribution in [0.2, 0.25) is 0 Å². The smallest absolute Gasteiger partial charge is 0.288 e. The Labute approximate surface area is 179 Å². The summed E-state index contributed by atoms with van der Waals surface area (Å²) < 4.78 is 8.11. The average Bonchev–Trinajstić information content (AvgIpc) is 3.22. The first-order valence-corrected chi connectivity index (χ1v) is 10.1. The van der Waals surface area contributed by atoms with Gasteiger partial charge in [-0.15, -0.1) is 0 Å². The normalized spacial score (nSPS) is 14.5. The van der Waals surface area contributed by atoms with E-state index < -0.39 is 6.04 Å². The summed E-state index contributed by atoms with van der Waals surface area (Å²) in [6, 6.07) is 15.0. The quantitative estimate of drug-likeness (QED) is 0.418. The molecule has 0 bridgehead atoms. The van der Waals surface area contributed by atoms with Crippen molar-refractivity contribution in [3.63, 3.8) is 0 Å². The van der Waals surface area contributed by atoms with Crippen LogP contribution in [0, 0.1) is 0 Å². The van der Waals surface area contributed by atoms with Crippen LogP contribution in [-0.4, -0.2) is 37.0 Å². The third-order valence-corrected chi connectivity index (χ3v) is 5.36. The van der Waals surface area contributed by atoms with Crippen molar-refractivity contribution in [2.75, 3.05) is 11.9 Å². The number of H-pyrrole nitrogens is 1. The molecule has 0 saturated heterocycles.